The van der Waals surface area contributed by atoms with Gasteiger partial charge in [0.15, 0.2) is 0 Å². The fraction of sp³-hybridized carbons (Fsp3) is 0.0500. The van der Waals surface area contributed by atoms with Crippen molar-refractivity contribution < 1.29 is 4.79 Å². The van der Waals surface area contributed by atoms with Crippen LogP contribution in [0, 0.1) is 0 Å². The number of fused-ring (bicyclic) bond motifs is 1. The van der Waals surface area contributed by atoms with E-state index < -0.39 is 0 Å². The van der Waals surface area contributed by atoms with Crippen LogP contribution < -0.4 is 16.0 Å². The van der Waals surface area contributed by atoms with E-state index in [0.717, 1.165) is 34.6 Å². The molecule has 4 rings (SSSR count). The Balaban J connectivity index is 1.71. The molecule has 1 heterocycles. The van der Waals surface area contributed by atoms with Crippen molar-refractivity contribution in [1.82, 2.24) is 5.32 Å². The third-order valence-corrected chi connectivity index (χ3v) is 4.30. The Morgan fingerprint density at radius 3 is 2.52 bits per heavy atom. The van der Waals surface area contributed by atoms with Gasteiger partial charge in [-0.2, -0.15) is 5.32 Å². The number of nitrogens with one attached hydrogen (secondary N) is 2. The molecule has 0 spiro atoms. The second-order valence-corrected chi connectivity index (χ2v) is 6.30. The maximum absolute atomic E-state index is 11.6. The van der Waals surface area contributed by atoms with Gasteiger partial charge in [-0.15, -0.1) is 0 Å². The van der Waals surface area contributed by atoms with Crippen molar-refractivity contribution in [3.63, 3.8) is 0 Å². The lowest BCUT2D eigenvalue weighted by atomic mass is 10.0. The van der Waals surface area contributed by atoms with Crippen molar-refractivity contribution in [2.75, 3.05) is 10.6 Å². The second-order valence-electron chi connectivity index (χ2n) is 5.86. The van der Waals surface area contributed by atoms with Gasteiger partial charge in [0, 0.05) is 16.4 Å². The smallest absolute Gasteiger partial charge is 0.346 e. The van der Waals surface area contributed by atoms with Crippen molar-refractivity contribution >= 4 is 40.4 Å². The summed E-state index contributed by atoms with van der Waals surface area (Å²) < 4.78 is 0. The van der Waals surface area contributed by atoms with Crippen LogP contribution in [0.3, 0.4) is 0 Å². The number of nitrogens with zero attached hydrogens (tertiary/aromatic N) is 1. The molecule has 0 fully saturated rings. The summed E-state index contributed by atoms with van der Waals surface area (Å²) in [6, 6.07) is 21.3. The summed E-state index contributed by atoms with van der Waals surface area (Å²) in [5.41, 5.74) is 5.53. The number of halogens is 1. The van der Waals surface area contributed by atoms with Gasteiger partial charge in [-0.1, -0.05) is 41.9 Å². The average Bonchev–Trinajstić information content (AvgIpc) is 2.97. The zero-order chi connectivity index (χ0) is 17.2. The molecule has 0 saturated heterocycles. The van der Waals surface area contributed by atoms with Crippen LogP contribution in [0.1, 0.15) is 11.1 Å². The summed E-state index contributed by atoms with van der Waals surface area (Å²) in [4.78, 5) is 11.6. The molecule has 0 aliphatic carbocycles. The van der Waals surface area contributed by atoms with Crippen LogP contribution in [-0.2, 0) is 6.42 Å². The molecule has 2 N–H and O–H groups in total. The Kier molecular flexibility index (Phi) is 4.04. The van der Waals surface area contributed by atoms with Crippen LogP contribution in [-0.4, -0.2) is 6.03 Å². The number of carbonyl (C=O) groups excluding carboxylic acids is 1. The summed E-state index contributed by atoms with van der Waals surface area (Å²) in [7, 11) is 0. The van der Waals surface area contributed by atoms with Gasteiger partial charge < -0.3 is 10.6 Å². The molecule has 3 aromatic rings. The van der Waals surface area contributed by atoms with E-state index in [4.69, 9.17) is 11.6 Å². The second kappa shape index (κ2) is 6.49. The number of hydrogen-bond donors (Lipinski definition) is 2. The lowest BCUT2D eigenvalue weighted by Gasteiger charge is -2.14. The largest absolute Gasteiger partial charge is 0.355 e. The van der Waals surface area contributed by atoms with E-state index in [1.54, 1.807) is 0 Å². The number of hydrogen-bond acceptors (Lipinski definition) is 2. The summed E-state index contributed by atoms with van der Waals surface area (Å²) in [5, 5.41) is 10.9. The predicted molar refractivity (Wildman–Crippen MR) is 101 cm³/mol. The number of para-hydroxylation sites is 1. The van der Waals surface area contributed by atoms with Gasteiger partial charge in [-0.3, -0.25) is 0 Å². The third kappa shape index (κ3) is 3.44. The SMILES string of the molecule is O=C1[N]c2cc(Nc3ccccc3)c(Cc3ccc(Cl)cc3)cc2N1. The van der Waals surface area contributed by atoms with E-state index >= 15 is 0 Å². The van der Waals surface area contributed by atoms with Crippen LogP contribution in [0.15, 0.2) is 66.7 Å². The number of rotatable bonds is 4. The molecule has 0 unspecified atom stereocenters. The average molecular weight is 349 g/mol. The van der Waals surface area contributed by atoms with E-state index in [9.17, 15) is 4.79 Å². The Labute approximate surface area is 150 Å². The Hall–Kier alpha value is -2.98. The van der Waals surface area contributed by atoms with Crippen molar-refractivity contribution in [3.8, 4) is 0 Å². The van der Waals surface area contributed by atoms with Crippen molar-refractivity contribution in [1.29, 1.82) is 0 Å². The standard InChI is InChI=1S/C20H15ClN3O/c21-15-8-6-13(7-9-15)10-14-11-18-19(24-20(25)23-18)12-17(14)22-16-4-2-1-3-5-16/h1-9,11-12,22H,10H2,(H,23,25). The molecule has 2 amide bonds. The highest BCUT2D eigenvalue weighted by Gasteiger charge is 2.21. The van der Waals surface area contributed by atoms with Gasteiger partial charge in [0.1, 0.15) is 0 Å². The molecule has 1 aliphatic rings. The maximum Gasteiger partial charge on any atom is 0.346 e. The number of anilines is 3. The molecule has 25 heavy (non-hydrogen) atoms. The Morgan fingerprint density at radius 2 is 1.76 bits per heavy atom. The third-order valence-electron chi connectivity index (χ3n) is 4.05. The van der Waals surface area contributed by atoms with Gasteiger partial charge in [0.2, 0.25) is 0 Å². The first kappa shape index (κ1) is 15.5. The van der Waals surface area contributed by atoms with E-state index in [1.807, 2.05) is 66.7 Å². The van der Waals surface area contributed by atoms with Gasteiger partial charge in [-0.05, 0) is 53.9 Å². The van der Waals surface area contributed by atoms with Crippen molar-refractivity contribution in [2.24, 2.45) is 0 Å². The monoisotopic (exact) mass is 348 g/mol. The Bertz CT molecular complexity index is 924. The van der Waals surface area contributed by atoms with Crippen molar-refractivity contribution in [2.45, 2.75) is 6.42 Å². The first-order valence-corrected chi connectivity index (χ1v) is 8.31. The zero-order valence-electron chi connectivity index (χ0n) is 13.3. The topological polar surface area (TPSA) is 55.2 Å². The van der Waals surface area contributed by atoms with E-state index in [2.05, 4.69) is 16.0 Å². The van der Waals surface area contributed by atoms with Gasteiger partial charge >= 0.3 is 6.03 Å². The first-order chi connectivity index (χ1) is 12.2. The van der Waals surface area contributed by atoms with Gasteiger partial charge in [0.25, 0.3) is 0 Å². The highest BCUT2D eigenvalue weighted by molar-refractivity contribution is 6.30. The minimum absolute atomic E-state index is 0.329. The summed E-state index contributed by atoms with van der Waals surface area (Å²) >= 11 is 5.97. The molecule has 0 bridgehead atoms. The highest BCUT2D eigenvalue weighted by atomic mass is 35.5. The van der Waals surface area contributed by atoms with Gasteiger partial charge in [-0.25, -0.2) is 4.79 Å². The number of amides is 2. The van der Waals surface area contributed by atoms with Crippen LogP contribution >= 0.6 is 11.6 Å². The summed E-state index contributed by atoms with van der Waals surface area (Å²) in [6.07, 6.45) is 0.718. The number of urea groups is 1. The highest BCUT2D eigenvalue weighted by Crippen LogP contribution is 2.35. The maximum atomic E-state index is 11.6. The minimum atomic E-state index is -0.329. The predicted octanol–water partition coefficient (Wildman–Crippen LogP) is 5.46. The van der Waals surface area contributed by atoms with E-state index in [0.29, 0.717) is 10.7 Å². The molecule has 0 atom stereocenters. The van der Waals surface area contributed by atoms with Gasteiger partial charge in [0.05, 0.1) is 11.4 Å². The number of carbonyl (C=O) groups is 1. The molecule has 4 nitrogen and oxygen atoms in total. The van der Waals surface area contributed by atoms with E-state index in [-0.39, 0.29) is 6.03 Å². The van der Waals surface area contributed by atoms with Crippen LogP contribution in [0.5, 0.6) is 0 Å². The first-order valence-electron chi connectivity index (χ1n) is 7.93. The molecule has 5 heteroatoms. The molecule has 0 saturated carbocycles. The van der Waals surface area contributed by atoms with Crippen LogP contribution in [0.2, 0.25) is 5.02 Å². The van der Waals surface area contributed by atoms with Crippen LogP contribution in [0.4, 0.5) is 27.5 Å². The minimum Gasteiger partial charge on any atom is -0.355 e. The summed E-state index contributed by atoms with van der Waals surface area (Å²) in [6.45, 7) is 0. The molecule has 1 radical (unpaired) electrons. The normalized spacial score (nSPS) is 12.3. The fourth-order valence-corrected chi connectivity index (χ4v) is 2.97. The molecule has 0 aromatic heterocycles. The lowest BCUT2D eigenvalue weighted by molar-refractivity contribution is 0.256. The molecule has 123 valence electrons. The quantitative estimate of drug-likeness (QED) is 0.658. The Morgan fingerprint density at radius 1 is 1.00 bits per heavy atom. The lowest BCUT2D eigenvalue weighted by Crippen LogP contribution is -2.08. The molecular formula is C20H15ClN3O. The van der Waals surface area contributed by atoms with Crippen molar-refractivity contribution in [3.05, 3.63) is 82.9 Å². The van der Waals surface area contributed by atoms with Crippen LogP contribution in [0.25, 0.3) is 0 Å². The van der Waals surface area contributed by atoms with E-state index in [1.165, 1.54) is 0 Å². The molecule has 1 aliphatic heterocycles. The summed E-state index contributed by atoms with van der Waals surface area (Å²) in [5.74, 6) is 0. The molecular weight excluding hydrogens is 334 g/mol. The number of benzene rings is 3. The molecule has 3 aromatic carbocycles. The fourth-order valence-electron chi connectivity index (χ4n) is 2.84. The zero-order valence-corrected chi connectivity index (χ0v) is 14.0.